The van der Waals surface area contributed by atoms with Crippen LogP contribution in [0.25, 0.3) is 0 Å². The van der Waals surface area contributed by atoms with Crippen molar-refractivity contribution >= 4 is 11.3 Å². The lowest BCUT2D eigenvalue weighted by Crippen LogP contribution is -2.38. The second-order valence-electron chi connectivity index (χ2n) is 4.92. The Hall–Kier alpha value is -0.450. The topological polar surface area (TPSA) is 34.2 Å². The molecule has 0 saturated carbocycles. The minimum atomic E-state index is 0.345. The van der Waals surface area contributed by atoms with E-state index in [4.69, 9.17) is 4.74 Å². The van der Waals surface area contributed by atoms with Crippen molar-refractivity contribution in [3.63, 3.8) is 0 Å². The second-order valence-corrected chi connectivity index (χ2v) is 5.98. The van der Waals surface area contributed by atoms with Gasteiger partial charge in [0.2, 0.25) is 0 Å². The summed E-state index contributed by atoms with van der Waals surface area (Å²) in [7, 11) is 0. The summed E-state index contributed by atoms with van der Waals surface area (Å²) in [5.41, 5.74) is 1.17. The average molecular weight is 254 g/mol. The standard InChI is InChI=1S/C13H22N2OS/c1-9(12-4-6-16-7-5-12)14-10(2)13-8-17-11(3)15-13/h8-10,12,14H,4-7H2,1-3H3. The molecule has 0 spiro atoms. The minimum absolute atomic E-state index is 0.345. The molecule has 3 nitrogen and oxygen atoms in total. The molecule has 1 aliphatic rings. The van der Waals surface area contributed by atoms with Gasteiger partial charge in [-0.2, -0.15) is 0 Å². The maximum Gasteiger partial charge on any atom is 0.0898 e. The van der Waals surface area contributed by atoms with Gasteiger partial charge in [-0.1, -0.05) is 0 Å². The molecule has 17 heavy (non-hydrogen) atoms. The normalized spacial score (nSPS) is 21.4. The van der Waals surface area contributed by atoms with E-state index in [9.17, 15) is 0 Å². The van der Waals surface area contributed by atoms with Gasteiger partial charge in [-0.15, -0.1) is 11.3 Å². The van der Waals surface area contributed by atoms with Gasteiger partial charge in [-0.3, -0.25) is 0 Å². The molecule has 0 aromatic carbocycles. The third-order valence-corrected chi connectivity index (χ3v) is 4.36. The molecule has 2 atom stereocenters. The van der Waals surface area contributed by atoms with Crippen LogP contribution >= 0.6 is 11.3 Å². The van der Waals surface area contributed by atoms with Gasteiger partial charge >= 0.3 is 0 Å². The third kappa shape index (κ3) is 3.50. The predicted molar refractivity (Wildman–Crippen MR) is 71.4 cm³/mol. The summed E-state index contributed by atoms with van der Waals surface area (Å²) in [6.07, 6.45) is 2.36. The quantitative estimate of drug-likeness (QED) is 0.897. The molecular formula is C13H22N2OS. The number of rotatable bonds is 4. The summed E-state index contributed by atoms with van der Waals surface area (Å²) in [5.74, 6) is 0.742. The number of nitrogens with zero attached hydrogens (tertiary/aromatic N) is 1. The van der Waals surface area contributed by atoms with Crippen LogP contribution in [0.3, 0.4) is 0 Å². The third-order valence-electron chi connectivity index (χ3n) is 3.57. The van der Waals surface area contributed by atoms with Crippen LogP contribution in [-0.2, 0) is 4.74 Å². The zero-order chi connectivity index (χ0) is 12.3. The first kappa shape index (κ1) is 13.0. The molecule has 0 radical (unpaired) electrons. The monoisotopic (exact) mass is 254 g/mol. The van der Waals surface area contributed by atoms with E-state index in [0.717, 1.165) is 24.1 Å². The molecule has 0 amide bonds. The molecule has 96 valence electrons. The highest BCUT2D eigenvalue weighted by Gasteiger charge is 2.22. The summed E-state index contributed by atoms with van der Waals surface area (Å²) >= 11 is 1.72. The molecule has 1 saturated heterocycles. The molecule has 0 aliphatic carbocycles. The van der Waals surface area contributed by atoms with E-state index in [1.165, 1.54) is 18.5 Å². The van der Waals surface area contributed by atoms with Crippen LogP contribution in [0, 0.1) is 12.8 Å². The van der Waals surface area contributed by atoms with Gasteiger partial charge in [0.05, 0.1) is 10.7 Å². The van der Waals surface area contributed by atoms with Crippen molar-refractivity contribution < 1.29 is 4.74 Å². The van der Waals surface area contributed by atoms with Crippen LogP contribution < -0.4 is 5.32 Å². The van der Waals surface area contributed by atoms with Crippen LogP contribution in [0.1, 0.15) is 43.4 Å². The largest absolute Gasteiger partial charge is 0.381 e. The van der Waals surface area contributed by atoms with E-state index in [1.54, 1.807) is 11.3 Å². The SMILES string of the molecule is Cc1nc(C(C)NC(C)C2CCOCC2)cs1. The molecule has 1 aromatic heterocycles. The Kier molecular flexibility index (Phi) is 4.54. The number of hydrogen-bond donors (Lipinski definition) is 1. The predicted octanol–water partition coefficient (Wildman–Crippen LogP) is 2.92. The highest BCUT2D eigenvalue weighted by atomic mass is 32.1. The fraction of sp³-hybridized carbons (Fsp3) is 0.769. The Morgan fingerprint density at radius 1 is 1.41 bits per heavy atom. The average Bonchev–Trinajstić information content (AvgIpc) is 2.77. The lowest BCUT2D eigenvalue weighted by Gasteiger charge is -2.30. The van der Waals surface area contributed by atoms with Crippen LogP contribution in [-0.4, -0.2) is 24.2 Å². The van der Waals surface area contributed by atoms with E-state index in [2.05, 4.69) is 36.5 Å². The van der Waals surface area contributed by atoms with E-state index < -0.39 is 0 Å². The van der Waals surface area contributed by atoms with Crippen molar-refractivity contribution in [1.29, 1.82) is 0 Å². The van der Waals surface area contributed by atoms with Gasteiger partial charge in [-0.05, 0) is 39.5 Å². The summed E-state index contributed by atoms with van der Waals surface area (Å²) in [6, 6.07) is 0.883. The summed E-state index contributed by atoms with van der Waals surface area (Å²) in [5, 5.41) is 6.97. The Morgan fingerprint density at radius 2 is 2.12 bits per heavy atom. The van der Waals surface area contributed by atoms with Gasteiger partial charge in [0.15, 0.2) is 0 Å². The fourth-order valence-corrected chi connectivity index (χ4v) is 3.12. The van der Waals surface area contributed by atoms with Gasteiger partial charge in [0.25, 0.3) is 0 Å². The van der Waals surface area contributed by atoms with E-state index in [0.29, 0.717) is 12.1 Å². The summed E-state index contributed by atoms with van der Waals surface area (Å²) in [6.45, 7) is 8.38. The number of aryl methyl sites for hydroxylation is 1. The molecule has 2 unspecified atom stereocenters. The number of ether oxygens (including phenoxy) is 1. The van der Waals surface area contributed by atoms with Crippen molar-refractivity contribution in [1.82, 2.24) is 10.3 Å². The first-order valence-electron chi connectivity index (χ1n) is 6.42. The molecule has 1 aliphatic heterocycles. The maximum absolute atomic E-state index is 5.40. The van der Waals surface area contributed by atoms with Gasteiger partial charge in [0, 0.05) is 30.7 Å². The van der Waals surface area contributed by atoms with Crippen LogP contribution in [0.2, 0.25) is 0 Å². The molecule has 2 heterocycles. The fourth-order valence-electron chi connectivity index (χ4n) is 2.41. The minimum Gasteiger partial charge on any atom is -0.381 e. The van der Waals surface area contributed by atoms with E-state index in [1.807, 2.05) is 0 Å². The smallest absolute Gasteiger partial charge is 0.0898 e. The number of aromatic nitrogens is 1. The molecular weight excluding hydrogens is 232 g/mol. The van der Waals surface area contributed by atoms with Crippen molar-refractivity contribution in [3.05, 3.63) is 16.1 Å². The van der Waals surface area contributed by atoms with Crippen LogP contribution in [0.5, 0.6) is 0 Å². The van der Waals surface area contributed by atoms with Crippen LogP contribution in [0.4, 0.5) is 0 Å². The van der Waals surface area contributed by atoms with Gasteiger partial charge in [0.1, 0.15) is 0 Å². The second kappa shape index (κ2) is 5.94. The highest BCUT2D eigenvalue weighted by molar-refractivity contribution is 7.09. The number of nitrogens with one attached hydrogen (secondary N) is 1. The van der Waals surface area contributed by atoms with Crippen molar-refractivity contribution in [3.8, 4) is 0 Å². The first-order chi connectivity index (χ1) is 8.16. The Labute approximate surface area is 108 Å². The van der Waals surface area contributed by atoms with Crippen molar-refractivity contribution in [2.75, 3.05) is 13.2 Å². The highest BCUT2D eigenvalue weighted by Crippen LogP contribution is 2.22. The lowest BCUT2D eigenvalue weighted by atomic mass is 9.92. The molecule has 1 aromatic rings. The van der Waals surface area contributed by atoms with Crippen LogP contribution in [0.15, 0.2) is 5.38 Å². The Balaban J connectivity index is 1.87. The van der Waals surface area contributed by atoms with Gasteiger partial charge < -0.3 is 10.1 Å². The van der Waals surface area contributed by atoms with E-state index >= 15 is 0 Å². The van der Waals surface area contributed by atoms with Crippen molar-refractivity contribution in [2.45, 2.75) is 45.7 Å². The molecule has 1 N–H and O–H groups in total. The summed E-state index contributed by atoms with van der Waals surface area (Å²) in [4.78, 5) is 4.54. The lowest BCUT2D eigenvalue weighted by molar-refractivity contribution is 0.0546. The van der Waals surface area contributed by atoms with Crippen molar-refractivity contribution in [2.24, 2.45) is 5.92 Å². The maximum atomic E-state index is 5.40. The van der Waals surface area contributed by atoms with E-state index in [-0.39, 0.29) is 0 Å². The zero-order valence-corrected chi connectivity index (χ0v) is 11.7. The Bertz CT molecular complexity index is 347. The molecule has 1 fully saturated rings. The molecule has 4 heteroatoms. The Morgan fingerprint density at radius 3 is 2.71 bits per heavy atom. The first-order valence-corrected chi connectivity index (χ1v) is 7.30. The number of hydrogen-bond acceptors (Lipinski definition) is 4. The molecule has 0 bridgehead atoms. The number of thiazole rings is 1. The summed E-state index contributed by atoms with van der Waals surface area (Å²) < 4.78 is 5.40. The zero-order valence-electron chi connectivity index (χ0n) is 10.9. The van der Waals surface area contributed by atoms with Gasteiger partial charge in [-0.25, -0.2) is 4.98 Å². The molecule has 2 rings (SSSR count).